The number of aryl methyl sites for hydroxylation is 2. The van der Waals surface area contributed by atoms with Crippen LogP contribution < -0.4 is 4.74 Å². The van der Waals surface area contributed by atoms with Crippen LogP contribution in [0.1, 0.15) is 23.6 Å². The molecule has 4 nitrogen and oxygen atoms in total. The summed E-state index contributed by atoms with van der Waals surface area (Å²) in [6.45, 7) is 9.94. The molecule has 0 aliphatic heterocycles. The number of hydrogen-bond donors (Lipinski definition) is 0. The molecule has 0 saturated heterocycles. The minimum atomic E-state index is 0. The van der Waals surface area contributed by atoms with Crippen molar-refractivity contribution < 1.29 is 19.9 Å². The van der Waals surface area contributed by atoms with E-state index in [-0.39, 0.29) is 11.0 Å². The summed E-state index contributed by atoms with van der Waals surface area (Å²) in [7, 11) is 0. The minimum Gasteiger partial charge on any atom is -0.493 e. The Morgan fingerprint density at radius 2 is 1.58 bits per heavy atom. The number of benzene rings is 1. The van der Waals surface area contributed by atoms with Gasteiger partial charge in [-0.15, -0.1) is 0 Å². The predicted octanol–water partition coefficient (Wildman–Crippen LogP) is 2.27. The van der Waals surface area contributed by atoms with E-state index in [9.17, 15) is 0 Å². The van der Waals surface area contributed by atoms with Gasteiger partial charge in [0.15, 0.2) is 0 Å². The Kier molecular flexibility index (Phi) is 10.9. The zero-order valence-corrected chi connectivity index (χ0v) is 13.2. The maximum atomic E-state index is 5.79. The normalized spacial score (nSPS) is 11.2. The first-order valence-corrected chi connectivity index (χ1v) is 7.05. The lowest BCUT2D eigenvalue weighted by atomic mass is 10.0. The molecule has 0 radical (unpaired) electrons. The number of hydrogen-bond acceptors (Lipinski definition) is 3. The van der Waals surface area contributed by atoms with Gasteiger partial charge in [-0.3, -0.25) is 0 Å². The third-order valence-electron chi connectivity index (χ3n) is 2.91. The molecule has 112 valence electrons. The van der Waals surface area contributed by atoms with E-state index >= 15 is 0 Å². The van der Waals surface area contributed by atoms with Crippen molar-refractivity contribution in [2.24, 2.45) is 5.92 Å². The molecule has 1 aromatic rings. The van der Waals surface area contributed by atoms with Crippen LogP contribution >= 0.6 is 12.0 Å². The first-order valence-electron chi connectivity index (χ1n) is 5.90. The smallest absolute Gasteiger partial charge is 0.119 e. The molecule has 4 N–H and O–H groups in total. The van der Waals surface area contributed by atoms with Gasteiger partial charge in [-0.05, 0) is 61.6 Å². The molecule has 0 amide bonds. The lowest BCUT2D eigenvalue weighted by Gasteiger charge is -2.14. The number of rotatable bonds is 6. The fourth-order valence-corrected chi connectivity index (χ4v) is 1.92. The highest BCUT2D eigenvalue weighted by atomic mass is 32.2. The second-order valence-electron chi connectivity index (χ2n) is 4.55. The van der Waals surface area contributed by atoms with Crippen LogP contribution in [0.5, 0.6) is 5.75 Å². The summed E-state index contributed by atoms with van der Waals surface area (Å²) in [5.41, 5.74) is 3.91. The fraction of sp³-hybridized carbons (Fsp3) is 0.571. The Labute approximate surface area is 120 Å². The van der Waals surface area contributed by atoms with Crippen molar-refractivity contribution >= 4 is 12.0 Å². The topological polar surface area (TPSA) is 81.5 Å². The van der Waals surface area contributed by atoms with Crippen LogP contribution in [0.25, 0.3) is 0 Å². The van der Waals surface area contributed by atoms with Gasteiger partial charge in [-0.25, -0.2) is 0 Å². The molecular weight excluding hydrogens is 264 g/mol. The van der Waals surface area contributed by atoms with Crippen LogP contribution in [0, 0.1) is 26.7 Å². The van der Waals surface area contributed by atoms with Gasteiger partial charge in [0.05, 0.1) is 13.2 Å². The molecule has 19 heavy (non-hydrogen) atoms. The van der Waals surface area contributed by atoms with Gasteiger partial charge in [0.25, 0.3) is 0 Å². The molecule has 0 heterocycles. The lowest BCUT2D eigenvalue weighted by Crippen LogP contribution is -2.13. The molecule has 0 bridgehead atoms. The zero-order valence-electron chi connectivity index (χ0n) is 12.4. The quantitative estimate of drug-likeness (QED) is 0.754. The van der Waals surface area contributed by atoms with Crippen molar-refractivity contribution in [3.63, 3.8) is 0 Å². The molecule has 1 atom stereocenters. The monoisotopic (exact) mass is 290 g/mol. The van der Waals surface area contributed by atoms with Crippen LogP contribution in [0.3, 0.4) is 0 Å². The van der Waals surface area contributed by atoms with Crippen molar-refractivity contribution in [1.82, 2.24) is 0 Å². The van der Waals surface area contributed by atoms with Gasteiger partial charge >= 0.3 is 0 Å². The highest BCUT2D eigenvalue weighted by molar-refractivity contribution is 7.93. The summed E-state index contributed by atoms with van der Waals surface area (Å²) in [6.07, 6.45) is 1.93. The van der Waals surface area contributed by atoms with E-state index < -0.39 is 0 Å². The van der Waals surface area contributed by atoms with Gasteiger partial charge < -0.3 is 19.9 Å². The Balaban J connectivity index is 0. The minimum absolute atomic E-state index is 0. The summed E-state index contributed by atoms with van der Waals surface area (Å²) in [4.78, 5) is 0. The molecule has 0 aromatic heterocycles. The van der Waals surface area contributed by atoms with Crippen LogP contribution in [0.15, 0.2) is 12.1 Å². The van der Waals surface area contributed by atoms with Gasteiger partial charge in [-0.2, -0.15) is 0 Å². The van der Waals surface area contributed by atoms with Crippen molar-refractivity contribution in [3.05, 3.63) is 28.8 Å². The molecule has 0 unspecified atom stereocenters. The van der Waals surface area contributed by atoms with E-state index in [4.69, 9.17) is 8.92 Å². The van der Waals surface area contributed by atoms with E-state index in [0.29, 0.717) is 12.5 Å². The van der Waals surface area contributed by atoms with Crippen LogP contribution in [-0.4, -0.2) is 30.4 Å². The second-order valence-corrected chi connectivity index (χ2v) is 5.12. The Morgan fingerprint density at radius 1 is 1.05 bits per heavy atom. The maximum absolute atomic E-state index is 5.79. The highest BCUT2D eigenvalue weighted by Gasteiger charge is 2.06. The van der Waals surface area contributed by atoms with Crippen LogP contribution in [0.2, 0.25) is 0 Å². The molecule has 0 aliphatic carbocycles. The van der Waals surface area contributed by atoms with Crippen molar-refractivity contribution in [1.29, 1.82) is 0 Å². The summed E-state index contributed by atoms with van der Waals surface area (Å²) in [5.74, 6) is 1.37. The predicted molar refractivity (Wildman–Crippen MR) is 82.0 cm³/mol. The molecule has 0 saturated carbocycles. The molecule has 1 aromatic carbocycles. The second kappa shape index (κ2) is 10.1. The van der Waals surface area contributed by atoms with Gasteiger partial charge in [0.2, 0.25) is 0 Å². The lowest BCUT2D eigenvalue weighted by molar-refractivity contribution is 0.205. The van der Waals surface area contributed by atoms with E-state index in [0.717, 1.165) is 12.4 Å². The molecular formula is C14H26O4S. The average Bonchev–Trinajstić information content (AvgIpc) is 2.30. The molecule has 0 fully saturated rings. The van der Waals surface area contributed by atoms with Crippen molar-refractivity contribution in [2.75, 3.05) is 19.5 Å². The number of ether oxygens (including phenoxy) is 1. The van der Waals surface area contributed by atoms with E-state index in [1.807, 2.05) is 6.26 Å². The van der Waals surface area contributed by atoms with Crippen molar-refractivity contribution in [2.45, 2.75) is 27.7 Å². The zero-order chi connectivity index (χ0) is 12.8. The Morgan fingerprint density at radius 3 is 2.05 bits per heavy atom. The van der Waals surface area contributed by atoms with Crippen LogP contribution in [0.4, 0.5) is 0 Å². The van der Waals surface area contributed by atoms with Crippen molar-refractivity contribution in [3.8, 4) is 5.75 Å². The first kappa shape index (κ1) is 20.6. The van der Waals surface area contributed by atoms with Crippen LogP contribution in [-0.2, 0) is 4.18 Å². The summed E-state index contributed by atoms with van der Waals surface area (Å²) >= 11 is 1.40. The third kappa shape index (κ3) is 6.82. The highest BCUT2D eigenvalue weighted by Crippen LogP contribution is 2.21. The van der Waals surface area contributed by atoms with Gasteiger partial charge in [0.1, 0.15) is 5.75 Å². The SMILES string of the molecule is CSOC[C@H](C)COc1cc(C)c(C)c(C)c1.O.O. The van der Waals surface area contributed by atoms with E-state index in [2.05, 4.69) is 39.8 Å². The van der Waals surface area contributed by atoms with E-state index in [1.165, 1.54) is 28.7 Å². The molecule has 5 heteroatoms. The Hall–Kier alpha value is -0.750. The standard InChI is InChI=1S/C14H22O2S.2H2O/c1-10(9-16-17-5)8-15-14-6-11(2)13(4)12(3)7-14;;/h6-7,10H,8-9H2,1-5H3;2*1H2/t10-;;/m1../s1. The Bertz CT molecular complexity index is 345. The van der Waals surface area contributed by atoms with E-state index in [1.54, 1.807) is 0 Å². The molecule has 0 aliphatic rings. The third-order valence-corrected chi connectivity index (χ3v) is 3.28. The fourth-order valence-electron chi connectivity index (χ4n) is 1.55. The van der Waals surface area contributed by atoms with Gasteiger partial charge in [-0.1, -0.05) is 6.92 Å². The molecule has 0 spiro atoms. The summed E-state index contributed by atoms with van der Waals surface area (Å²) < 4.78 is 11.1. The maximum Gasteiger partial charge on any atom is 0.119 e. The first-order chi connectivity index (χ1) is 8.04. The average molecular weight is 290 g/mol. The summed E-state index contributed by atoms with van der Waals surface area (Å²) in [5, 5.41) is 0. The largest absolute Gasteiger partial charge is 0.493 e. The summed E-state index contributed by atoms with van der Waals surface area (Å²) in [6, 6.07) is 4.20. The van der Waals surface area contributed by atoms with Gasteiger partial charge in [0, 0.05) is 12.2 Å². The molecule has 1 rings (SSSR count).